The SMILES string of the molecule is CC.Cc1nc(N2C[C@@H]3C(C#N)[C@@H]3C2)ccc1Cn1cc(C(=O)N[C@@H]2CCc3c2ccnc3C)cn1.[HH]. The maximum absolute atomic E-state index is 12.9. The monoisotopic (exact) mass is 485 g/mol. The fourth-order valence-electron chi connectivity index (χ4n) is 5.67. The quantitative estimate of drug-likeness (QED) is 0.580. The van der Waals surface area contributed by atoms with E-state index >= 15 is 0 Å². The van der Waals surface area contributed by atoms with Crippen LogP contribution in [0.25, 0.3) is 0 Å². The van der Waals surface area contributed by atoms with Gasteiger partial charge in [0.15, 0.2) is 0 Å². The van der Waals surface area contributed by atoms with Gasteiger partial charge in [-0.2, -0.15) is 10.4 Å². The summed E-state index contributed by atoms with van der Waals surface area (Å²) in [6.45, 7) is 10.4. The molecule has 8 nitrogen and oxygen atoms in total. The molecule has 36 heavy (non-hydrogen) atoms. The zero-order valence-corrected chi connectivity index (χ0v) is 21.4. The minimum absolute atomic E-state index is 0. The van der Waals surface area contributed by atoms with Crippen LogP contribution in [-0.4, -0.2) is 38.7 Å². The standard InChI is InChI=1S/C26H27N7O.C2H6.H2/c1-15-17(3-6-25(30-15)32-13-22-21(9-27)23(22)14-32)11-33-12-18(10-29-33)26(34)31-24-5-4-19-16(2)28-8-7-20(19)24;1-2;/h3,6-8,10,12,21-24H,4-5,11,13-14H2,1-2H3,(H,31,34);1-2H3;1H/t21?,22-,23+,24-;;/m1../s1. The molecule has 188 valence electrons. The topological polar surface area (TPSA) is 99.7 Å². The smallest absolute Gasteiger partial charge is 0.254 e. The van der Waals surface area contributed by atoms with Crippen LogP contribution in [0.5, 0.6) is 0 Å². The van der Waals surface area contributed by atoms with E-state index in [4.69, 9.17) is 10.2 Å². The van der Waals surface area contributed by atoms with E-state index < -0.39 is 0 Å². The minimum atomic E-state index is -0.105. The largest absolute Gasteiger partial charge is 0.356 e. The average Bonchev–Trinajstić information content (AvgIpc) is 3.33. The number of fused-ring (bicyclic) bond motifs is 2. The number of hydrogen-bond donors (Lipinski definition) is 1. The summed E-state index contributed by atoms with van der Waals surface area (Å²) in [5.74, 6) is 2.14. The number of carbonyl (C=O) groups is 1. The summed E-state index contributed by atoms with van der Waals surface area (Å²) < 4.78 is 1.79. The van der Waals surface area contributed by atoms with Gasteiger partial charge in [-0.3, -0.25) is 14.5 Å². The molecule has 0 spiro atoms. The number of aromatic nitrogens is 4. The van der Waals surface area contributed by atoms with E-state index in [0.29, 0.717) is 23.9 Å². The van der Waals surface area contributed by atoms with E-state index in [1.54, 1.807) is 17.1 Å². The molecule has 1 amide bonds. The fourth-order valence-corrected chi connectivity index (χ4v) is 5.67. The highest BCUT2D eigenvalue weighted by atomic mass is 16.1. The number of hydrogen-bond acceptors (Lipinski definition) is 6. The first-order valence-corrected chi connectivity index (χ1v) is 12.9. The molecule has 4 atom stereocenters. The van der Waals surface area contributed by atoms with Crippen LogP contribution in [0.4, 0.5) is 5.82 Å². The van der Waals surface area contributed by atoms with Crippen molar-refractivity contribution >= 4 is 11.7 Å². The van der Waals surface area contributed by atoms with E-state index in [-0.39, 0.29) is 19.3 Å². The third-order valence-corrected chi connectivity index (χ3v) is 7.75. The van der Waals surface area contributed by atoms with Crippen molar-refractivity contribution in [2.75, 3.05) is 18.0 Å². The molecule has 1 unspecified atom stereocenters. The third-order valence-electron chi connectivity index (χ3n) is 7.75. The molecule has 0 aromatic carbocycles. The van der Waals surface area contributed by atoms with Crippen molar-refractivity contribution in [2.24, 2.45) is 17.8 Å². The van der Waals surface area contributed by atoms with Crippen molar-refractivity contribution in [2.45, 2.75) is 53.1 Å². The Morgan fingerprint density at radius 3 is 2.69 bits per heavy atom. The first-order valence-electron chi connectivity index (χ1n) is 12.9. The van der Waals surface area contributed by atoms with Crippen LogP contribution in [0, 0.1) is 42.9 Å². The third kappa shape index (κ3) is 4.34. The summed E-state index contributed by atoms with van der Waals surface area (Å²) in [4.78, 5) is 24.3. The average molecular weight is 486 g/mol. The summed E-state index contributed by atoms with van der Waals surface area (Å²) in [7, 11) is 0. The zero-order valence-electron chi connectivity index (χ0n) is 21.4. The Morgan fingerprint density at radius 2 is 1.97 bits per heavy atom. The van der Waals surface area contributed by atoms with Crippen molar-refractivity contribution < 1.29 is 6.22 Å². The van der Waals surface area contributed by atoms with Crippen LogP contribution in [-0.2, 0) is 13.0 Å². The molecule has 1 aliphatic heterocycles. The number of carbonyl (C=O) groups excluding carboxylic acids is 1. The molecule has 3 aliphatic rings. The van der Waals surface area contributed by atoms with Crippen molar-refractivity contribution in [1.29, 1.82) is 5.26 Å². The van der Waals surface area contributed by atoms with Crippen LogP contribution in [0.1, 0.15) is 66.2 Å². The first kappa shape index (κ1) is 24.0. The molecule has 2 aliphatic carbocycles. The molecule has 0 bridgehead atoms. The molecule has 1 saturated heterocycles. The number of anilines is 1. The van der Waals surface area contributed by atoms with Crippen LogP contribution in [0.15, 0.2) is 36.8 Å². The molecular weight excluding hydrogens is 450 g/mol. The van der Waals surface area contributed by atoms with Gasteiger partial charge in [-0.1, -0.05) is 19.9 Å². The maximum Gasteiger partial charge on any atom is 0.254 e. The van der Waals surface area contributed by atoms with E-state index in [1.165, 1.54) is 11.1 Å². The van der Waals surface area contributed by atoms with E-state index in [0.717, 1.165) is 48.7 Å². The minimum Gasteiger partial charge on any atom is -0.356 e. The van der Waals surface area contributed by atoms with Gasteiger partial charge in [0, 0.05) is 38.3 Å². The molecule has 8 heteroatoms. The number of amides is 1. The van der Waals surface area contributed by atoms with Gasteiger partial charge in [0.25, 0.3) is 5.91 Å². The Hall–Kier alpha value is -3.73. The van der Waals surface area contributed by atoms with Gasteiger partial charge in [0.2, 0.25) is 0 Å². The zero-order chi connectivity index (χ0) is 25.4. The summed E-state index contributed by atoms with van der Waals surface area (Å²) in [6, 6.07) is 8.59. The van der Waals surface area contributed by atoms with E-state index in [9.17, 15) is 4.79 Å². The second-order valence-electron chi connectivity index (χ2n) is 9.76. The Morgan fingerprint density at radius 1 is 1.19 bits per heavy atom. The van der Waals surface area contributed by atoms with Crippen molar-refractivity contribution in [1.82, 2.24) is 25.1 Å². The molecule has 1 N–H and O–H groups in total. The second-order valence-corrected chi connectivity index (χ2v) is 9.76. The number of nitrogens with one attached hydrogen (secondary N) is 1. The van der Waals surface area contributed by atoms with Gasteiger partial charge in [0.1, 0.15) is 5.82 Å². The molecule has 3 aromatic heterocycles. The first-order chi connectivity index (χ1) is 17.5. The Kier molecular flexibility index (Phi) is 6.48. The van der Waals surface area contributed by atoms with Crippen LogP contribution in [0.3, 0.4) is 0 Å². The van der Waals surface area contributed by atoms with Crippen LogP contribution < -0.4 is 10.2 Å². The maximum atomic E-state index is 12.9. The second kappa shape index (κ2) is 9.73. The Balaban J connectivity index is 0.00000104. The predicted molar refractivity (Wildman–Crippen MR) is 140 cm³/mol. The predicted octanol–water partition coefficient (Wildman–Crippen LogP) is 4.23. The summed E-state index contributed by atoms with van der Waals surface area (Å²) >= 11 is 0. The van der Waals surface area contributed by atoms with Crippen molar-refractivity contribution in [3.05, 3.63) is 70.4 Å². The molecular formula is C28H35N7O. The van der Waals surface area contributed by atoms with Gasteiger partial charge in [-0.15, -0.1) is 0 Å². The van der Waals surface area contributed by atoms with Gasteiger partial charge in [-0.25, -0.2) is 4.98 Å². The normalized spacial score (nSPS) is 23.2. The highest BCUT2D eigenvalue weighted by molar-refractivity contribution is 5.94. The lowest BCUT2D eigenvalue weighted by molar-refractivity contribution is 0.0936. The highest BCUT2D eigenvalue weighted by Gasteiger charge is 2.56. The van der Waals surface area contributed by atoms with Crippen LogP contribution >= 0.6 is 0 Å². The highest BCUT2D eigenvalue weighted by Crippen LogP contribution is 2.51. The van der Waals surface area contributed by atoms with Gasteiger partial charge in [0.05, 0.1) is 36.3 Å². The number of piperidine rings is 1. The van der Waals surface area contributed by atoms with E-state index in [2.05, 4.69) is 38.5 Å². The fraction of sp³-hybridized carbons (Fsp3) is 0.464. The number of nitriles is 1. The van der Waals surface area contributed by atoms with E-state index in [1.807, 2.05) is 40.0 Å². The van der Waals surface area contributed by atoms with Gasteiger partial charge >= 0.3 is 0 Å². The van der Waals surface area contributed by atoms with Gasteiger partial charge in [-0.05, 0) is 67.3 Å². The summed E-state index contributed by atoms with van der Waals surface area (Å²) in [6.07, 6.45) is 7.08. The lowest BCUT2D eigenvalue weighted by atomic mass is 10.1. The van der Waals surface area contributed by atoms with Gasteiger partial charge < -0.3 is 10.2 Å². The van der Waals surface area contributed by atoms with Crippen molar-refractivity contribution in [3.8, 4) is 6.07 Å². The molecule has 3 aromatic rings. The molecule has 1 saturated carbocycles. The summed E-state index contributed by atoms with van der Waals surface area (Å²) in [5.41, 5.74) is 6.07. The van der Waals surface area contributed by atoms with Crippen molar-refractivity contribution in [3.63, 3.8) is 0 Å². The molecule has 4 heterocycles. The number of aryl methyl sites for hydroxylation is 2. The van der Waals surface area contributed by atoms with Crippen LogP contribution in [0.2, 0.25) is 0 Å². The Labute approximate surface area is 213 Å². The lowest BCUT2D eigenvalue weighted by Gasteiger charge is -2.21. The number of pyridine rings is 2. The Bertz CT molecular complexity index is 1320. The molecule has 0 radical (unpaired) electrons. The lowest BCUT2D eigenvalue weighted by Crippen LogP contribution is -2.26. The molecule has 6 rings (SSSR count). The number of nitrogens with zero attached hydrogens (tertiary/aromatic N) is 6. The molecule has 2 fully saturated rings. The summed E-state index contributed by atoms with van der Waals surface area (Å²) in [5, 5.41) is 16.7. The number of rotatable bonds is 5.